The van der Waals surface area contributed by atoms with Crippen molar-refractivity contribution in [1.82, 2.24) is 24.5 Å². The second kappa shape index (κ2) is 10.3. The van der Waals surface area contributed by atoms with E-state index in [0.29, 0.717) is 40.5 Å². The van der Waals surface area contributed by atoms with Crippen molar-refractivity contribution >= 4 is 34.2 Å². The summed E-state index contributed by atoms with van der Waals surface area (Å²) >= 11 is 6.37. The normalized spacial score (nSPS) is 12.2. The Hall–Kier alpha value is -3.97. The molecule has 1 atom stereocenters. The smallest absolute Gasteiger partial charge is 0.263 e. The van der Waals surface area contributed by atoms with Crippen LogP contribution in [-0.4, -0.2) is 31.6 Å². The van der Waals surface area contributed by atoms with Crippen LogP contribution in [0.2, 0.25) is 5.02 Å². The lowest BCUT2D eigenvalue weighted by molar-refractivity contribution is -0.121. The van der Waals surface area contributed by atoms with Crippen molar-refractivity contribution in [1.29, 1.82) is 0 Å². The predicted molar refractivity (Wildman–Crippen MR) is 141 cm³/mol. The van der Waals surface area contributed by atoms with E-state index in [9.17, 15) is 9.59 Å². The van der Waals surface area contributed by atoms with Gasteiger partial charge in [-0.3, -0.25) is 18.6 Å². The maximum Gasteiger partial charge on any atom is 0.263 e. The Labute approximate surface area is 213 Å². The number of aryl methyl sites for hydroxylation is 1. The zero-order valence-electron chi connectivity index (χ0n) is 19.9. The van der Waals surface area contributed by atoms with Crippen molar-refractivity contribution in [3.05, 3.63) is 111 Å². The lowest BCUT2D eigenvalue weighted by Gasteiger charge is -2.13. The van der Waals surface area contributed by atoms with E-state index in [2.05, 4.69) is 34.6 Å². The maximum atomic E-state index is 13.4. The minimum absolute atomic E-state index is 0.0526. The van der Waals surface area contributed by atoms with E-state index < -0.39 is 0 Å². The van der Waals surface area contributed by atoms with Gasteiger partial charge in [-0.05, 0) is 35.2 Å². The molecule has 0 saturated carbocycles. The molecule has 5 aromatic rings. The van der Waals surface area contributed by atoms with Gasteiger partial charge < -0.3 is 5.32 Å². The zero-order valence-corrected chi connectivity index (χ0v) is 20.7. The van der Waals surface area contributed by atoms with Crippen LogP contribution in [0.1, 0.15) is 36.2 Å². The van der Waals surface area contributed by atoms with Crippen molar-refractivity contribution in [2.45, 2.75) is 32.2 Å². The molecule has 7 nitrogen and oxygen atoms in total. The van der Waals surface area contributed by atoms with Crippen LogP contribution in [0.15, 0.2) is 83.7 Å². The molecule has 1 N–H and O–H groups in total. The molecule has 0 unspecified atom stereocenters. The molecular weight excluding hydrogens is 474 g/mol. The highest BCUT2D eigenvalue weighted by Crippen LogP contribution is 2.20. The van der Waals surface area contributed by atoms with Crippen molar-refractivity contribution < 1.29 is 4.79 Å². The fourth-order valence-corrected chi connectivity index (χ4v) is 4.59. The van der Waals surface area contributed by atoms with E-state index in [1.807, 2.05) is 59.0 Å². The Balaban J connectivity index is 1.41. The molecule has 0 aliphatic heterocycles. The van der Waals surface area contributed by atoms with Gasteiger partial charge in [-0.2, -0.15) is 0 Å². The number of halogens is 1. The second-order valence-electron chi connectivity index (χ2n) is 8.87. The molecule has 8 heteroatoms. The number of benzene rings is 3. The minimum atomic E-state index is -0.162. The second-order valence-corrected chi connectivity index (χ2v) is 9.27. The van der Waals surface area contributed by atoms with Crippen molar-refractivity contribution in [3.63, 3.8) is 0 Å². The largest absolute Gasteiger partial charge is 0.355 e. The predicted octanol–water partition coefficient (Wildman–Crippen LogP) is 4.60. The summed E-state index contributed by atoms with van der Waals surface area (Å²) in [6.45, 7) is 2.92. The Morgan fingerprint density at radius 2 is 1.69 bits per heavy atom. The lowest BCUT2D eigenvalue weighted by atomic mass is 10.0. The van der Waals surface area contributed by atoms with E-state index in [1.165, 1.54) is 5.56 Å². The molecule has 0 spiro atoms. The number of aromatic nitrogens is 4. The van der Waals surface area contributed by atoms with Crippen LogP contribution >= 0.6 is 11.6 Å². The first-order chi connectivity index (χ1) is 17.5. The third-order valence-corrected chi connectivity index (χ3v) is 6.78. The van der Waals surface area contributed by atoms with Crippen LogP contribution in [0.3, 0.4) is 0 Å². The van der Waals surface area contributed by atoms with Crippen molar-refractivity contribution in [2.24, 2.45) is 0 Å². The first-order valence-electron chi connectivity index (χ1n) is 11.9. The number of nitrogens with zero attached hydrogens (tertiary/aromatic N) is 4. The highest BCUT2D eigenvalue weighted by atomic mass is 35.5. The summed E-state index contributed by atoms with van der Waals surface area (Å²) < 4.78 is 3.45. The molecule has 3 aromatic carbocycles. The van der Waals surface area contributed by atoms with Gasteiger partial charge >= 0.3 is 0 Å². The van der Waals surface area contributed by atoms with Crippen LogP contribution in [0, 0.1) is 0 Å². The van der Waals surface area contributed by atoms with E-state index in [4.69, 9.17) is 11.6 Å². The number of para-hydroxylation sites is 1. The number of fused-ring (bicyclic) bond motifs is 3. The first-order valence-corrected chi connectivity index (χ1v) is 12.3. The molecule has 0 fully saturated rings. The Morgan fingerprint density at radius 1 is 0.972 bits per heavy atom. The maximum absolute atomic E-state index is 13.4. The molecule has 2 heterocycles. The minimum Gasteiger partial charge on any atom is -0.355 e. The SMILES string of the molecule is C[C@@H](CNC(=O)CCc1nnc2n(Cc3ccccc3Cl)c(=O)c3ccccc3n12)c1ccccc1. The highest BCUT2D eigenvalue weighted by Gasteiger charge is 2.18. The molecule has 0 aliphatic carbocycles. The first kappa shape index (κ1) is 23.8. The van der Waals surface area contributed by atoms with Crippen molar-refractivity contribution in [2.75, 3.05) is 6.54 Å². The summed E-state index contributed by atoms with van der Waals surface area (Å²) in [4.78, 5) is 26.0. The third-order valence-electron chi connectivity index (χ3n) is 6.41. The molecule has 0 aliphatic rings. The molecule has 5 rings (SSSR count). The number of carbonyl (C=O) groups excluding carboxylic acids is 1. The molecular formula is C28H26ClN5O2. The zero-order chi connectivity index (χ0) is 25.1. The van der Waals surface area contributed by atoms with E-state index >= 15 is 0 Å². The Morgan fingerprint density at radius 3 is 2.50 bits per heavy atom. The highest BCUT2D eigenvalue weighted by molar-refractivity contribution is 6.31. The van der Waals surface area contributed by atoms with Crippen LogP contribution in [0.25, 0.3) is 16.7 Å². The Kier molecular flexibility index (Phi) is 6.82. The summed E-state index contributed by atoms with van der Waals surface area (Å²) in [6.07, 6.45) is 0.654. The number of hydrogen-bond acceptors (Lipinski definition) is 4. The number of rotatable bonds is 8. The van der Waals surface area contributed by atoms with E-state index in [1.54, 1.807) is 16.7 Å². The van der Waals surface area contributed by atoms with Gasteiger partial charge in [0.25, 0.3) is 5.56 Å². The van der Waals surface area contributed by atoms with Gasteiger partial charge in [0.05, 0.1) is 17.4 Å². The monoisotopic (exact) mass is 499 g/mol. The van der Waals surface area contributed by atoms with Gasteiger partial charge in [0.15, 0.2) is 0 Å². The van der Waals surface area contributed by atoms with Gasteiger partial charge in [0.2, 0.25) is 11.7 Å². The summed E-state index contributed by atoms with van der Waals surface area (Å²) in [5, 5.41) is 12.9. The molecule has 182 valence electrons. The van der Waals surface area contributed by atoms with E-state index in [0.717, 1.165) is 5.56 Å². The van der Waals surface area contributed by atoms with Gasteiger partial charge in [-0.1, -0.05) is 79.2 Å². The fourth-order valence-electron chi connectivity index (χ4n) is 4.40. The topological polar surface area (TPSA) is 81.3 Å². The van der Waals surface area contributed by atoms with Gasteiger partial charge in [-0.15, -0.1) is 10.2 Å². The van der Waals surface area contributed by atoms with Crippen LogP contribution in [0.5, 0.6) is 0 Å². The number of carbonyl (C=O) groups is 1. The molecule has 0 bridgehead atoms. The lowest BCUT2D eigenvalue weighted by Crippen LogP contribution is -2.28. The molecule has 0 saturated heterocycles. The number of nitrogens with one attached hydrogen (secondary N) is 1. The number of amides is 1. The van der Waals surface area contributed by atoms with E-state index in [-0.39, 0.29) is 30.3 Å². The average molecular weight is 500 g/mol. The van der Waals surface area contributed by atoms with Crippen LogP contribution < -0.4 is 10.9 Å². The average Bonchev–Trinajstić information content (AvgIpc) is 3.34. The van der Waals surface area contributed by atoms with Crippen LogP contribution in [0.4, 0.5) is 0 Å². The van der Waals surface area contributed by atoms with Crippen LogP contribution in [-0.2, 0) is 17.8 Å². The summed E-state index contributed by atoms with van der Waals surface area (Å²) in [5.41, 5.74) is 2.55. The molecule has 36 heavy (non-hydrogen) atoms. The standard InChI is InChI=1S/C28H26ClN5O2/c1-19(20-9-3-2-4-10-20)17-30-26(35)16-15-25-31-32-28-33(18-21-11-5-7-13-23(21)29)27(36)22-12-6-8-14-24(22)34(25)28/h2-14,19H,15-18H2,1H3,(H,30,35)/t19-/m0/s1. The van der Waals surface area contributed by atoms with Gasteiger partial charge in [0.1, 0.15) is 5.82 Å². The quantitative estimate of drug-likeness (QED) is 0.338. The van der Waals surface area contributed by atoms with Gasteiger partial charge in [0, 0.05) is 24.4 Å². The van der Waals surface area contributed by atoms with Gasteiger partial charge in [-0.25, -0.2) is 0 Å². The fraction of sp³-hybridized carbons (Fsp3) is 0.214. The summed E-state index contributed by atoms with van der Waals surface area (Å²) in [5.74, 6) is 1.21. The molecule has 2 aromatic heterocycles. The van der Waals surface area contributed by atoms with Crippen molar-refractivity contribution in [3.8, 4) is 0 Å². The molecule has 0 radical (unpaired) electrons. The summed E-state index contributed by atoms with van der Waals surface area (Å²) in [6, 6.07) is 24.9. The summed E-state index contributed by atoms with van der Waals surface area (Å²) in [7, 11) is 0. The third kappa shape index (κ3) is 4.75. The Bertz CT molecular complexity index is 1590. The molecule has 1 amide bonds. The number of hydrogen-bond donors (Lipinski definition) is 1.